The van der Waals surface area contributed by atoms with Gasteiger partial charge in [0.25, 0.3) is 0 Å². The predicted molar refractivity (Wildman–Crippen MR) is 93.0 cm³/mol. The second kappa shape index (κ2) is 6.96. The molecule has 2 fully saturated rings. The van der Waals surface area contributed by atoms with Gasteiger partial charge < -0.3 is 9.84 Å². The van der Waals surface area contributed by atoms with Crippen molar-refractivity contribution < 1.29 is 14.6 Å². The summed E-state index contributed by atoms with van der Waals surface area (Å²) in [6, 6.07) is 0. The second-order valence-corrected chi connectivity index (χ2v) is 8.61. The monoisotopic (exact) mass is 322 g/mol. The van der Waals surface area contributed by atoms with Crippen LogP contribution < -0.4 is 0 Å². The number of allylic oxidation sites excluding steroid dienone is 1. The molecule has 0 aromatic heterocycles. The molecule has 0 radical (unpaired) electrons. The van der Waals surface area contributed by atoms with E-state index in [0.29, 0.717) is 35.3 Å². The Morgan fingerprint density at radius 1 is 1.35 bits per heavy atom. The highest BCUT2D eigenvalue weighted by molar-refractivity contribution is 5.87. The number of ether oxygens (including phenoxy) is 1. The average molecular weight is 322 g/mol. The molecule has 3 heteroatoms. The van der Waals surface area contributed by atoms with E-state index in [9.17, 15) is 9.90 Å². The minimum absolute atomic E-state index is 0.186. The number of esters is 1. The predicted octanol–water partition coefficient (Wildman–Crippen LogP) is 4.49. The Morgan fingerprint density at radius 2 is 2.04 bits per heavy atom. The molecule has 132 valence electrons. The highest BCUT2D eigenvalue weighted by Gasteiger charge is 2.48. The maximum absolute atomic E-state index is 11.9. The van der Waals surface area contributed by atoms with Crippen molar-refractivity contribution in [2.75, 3.05) is 6.61 Å². The summed E-state index contributed by atoms with van der Waals surface area (Å²) >= 11 is 0. The lowest BCUT2D eigenvalue weighted by atomic mass is 9.53. The maximum atomic E-state index is 11.9. The van der Waals surface area contributed by atoms with Crippen LogP contribution in [0.25, 0.3) is 0 Å². The van der Waals surface area contributed by atoms with Crippen LogP contribution in [0.15, 0.2) is 11.6 Å². The van der Waals surface area contributed by atoms with Crippen molar-refractivity contribution >= 4 is 5.97 Å². The first kappa shape index (κ1) is 18.5. The number of hydrogen-bond acceptors (Lipinski definition) is 3. The quantitative estimate of drug-likeness (QED) is 0.613. The van der Waals surface area contributed by atoms with Crippen LogP contribution >= 0.6 is 0 Å². The van der Waals surface area contributed by atoms with Gasteiger partial charge >= 0.3 is 5.97 Å². The fourth-order valence-corrected chi connectivity index (χ4v) is 4.69. The molecule has 0 aromatic carbocycles. The van der Waals surface area contributed by atoms with E-state index in [0.717, 1.165) is 19.3 Å². The Kier molecular flexibility index (Phi) is 5.60. The van der Waals surface area contributed by atoms with Crippen LogP contribution in [0.4, 0.5) is 0 Å². The Bertz CT molecular complexity index is 460. The number of fused-ring (bicyclic) bond motifs is 1. The highest BCUT2D eigenvalue weighted by Crippen LogP contribution is 2.55. The summed E-state index contributed by atoms with van der Waals surface area (Å²) in [5, 5.41) is 10.4. The number of aliphatic hydroxyl groups is 1. The van der Waals surface area contributed by atoms with Gasteiger partial charge in [-0.25, -0.2) is 4.79 Å². The summed E-state index contributed by atoms with van der Waals surface area (Å²) in [7, 11) is 0. The van der Waals surface area contributed by atoms with Crippen molar-refractivity contribution in [2.24, 2.45) is 23.2 Å². The largest absolute Gasteiger partial charge is 0.462 e. The molecule has 2 rings (SSSR count). The van der Waals surface area contributed by atoms with Crippen molar-refractivity contribution in [1.82, 2.24) is 0 Å². The van der Waals surface area contributed by atoms with Crippen molar-refractivity contribution in [3.63, 3.8) is 0 Å². The van der Waals surface area contributed by atoms with Gasteiger partial charge in [-0.1, -0.05) is 19.4 Å². The third kappa shape index (κ3) is 4.17. The van der Waals surface area contributed by atoms with Crippen LogP contribution in [0.1, 0.15) is 73.1 Å². The molecule has 4 unspecified atom stereocenters. The zero-order valence-electron chi connectivity index (χ0n) is 15.5. The number of carbonyl (C=O) groups excluding carboxylic acids is 1. The second-order valence-electron chi connectivity index (χ2n) is 8.61. The highest BCUT2D eigenvalue weighted by atomic mass is 16.5. The molecule has 23 heavy (non-hydrogen) atoms. The summed E-state index contributed by atoms with van der Waals surface area (Å²) in [6.45, 7) is 10.5. The standard InChI is InChI=1S/C20H34O3/c1-6-14(2)18(21)23-13-15-8-7-10-20(5)11-9-16(12-17(15)20)19(3,4)22/h6,15-17,22H,7-13H2,1-5H3/b14-6+. The fourth-order valence-electron chi connectivity index (χ4n) is 4.69. The van der Waals surface area contributed by atoms with E-state index in [-0.39, 0.29) is 5.97 Å². The van der Waals surface area contributed by atoms with Crippen LogP contribution in [0.2, 0.25) is 0 Å². The van der Waals surface area contributed by atoms with Crippen LogP contribution in [0.3, 0.4) is 0 Å². The van der Waals surface area contributed by atoms with Crippen molar-refractivity contribution in [1.29, 1.82) is 0 Å². The smallest absolute Gasteiger partial charge is 0.333 e. The molecular weight excluding hydrogens is 288 g/mol. The molecule has 4 atom stereocenters. The first-order valence-corrected chi connectivity index (χ1v) is 9.20. The molecule has 0 bridgehead atoms. The third-order valence-corrected chi connectivity index (χ3v) is 6.57. The van der Waals surface area contributed by atoms with E-state index < -0.39 is 5.60 Å². The number of hydrogen-bond donors (Lipinski definition) is 1. The minimum Gasteiger partial charge on any atom is -0.462 e. The number of carbonyl (C=O) groups is 1. The molecule has 1 N–H and O–H groups in total. The van der Waals surface area contributed by atoms with E-state index in [1.165, 1.54) is 19.3 Å². The molecule has 2 aliphatic rings. The number of rotatable bonds is 4. The van der Waals surface area contributed by atoms with E-state index in [4.69, 9.17) is 4.74 Å². The zero-order chi connectivity index (χ0) is 17.3. The summed E-state index contributed by atoms with van der Waals surface area (Å²) in [4.78, 5) is 11.9. The fraction of sp³-hybridized carbons (Fsp3) is 0.850. The molecule has 0 aliphatic heterocycles. The van der Waals surface area contributed by atoms with Gasteiger partial charge in [-0.15, -0.1) is 0 Å². The van der Waals surface area contributed by atoms with E-state index in [2.05, 4.69) is 6.92 Å². The molecule has 2 aliphatic carbocycles. The van der Waals surface area contributed by atoms with Crippen LogP contribution in [-0.4, -0.2) is 23.3 Å². The topological polar surface area (TPSA) is 46.5 Å². The van der Waals surface area contributed by atoms with E-state index in [1.54, 1.807) is 13.0 Å². The van der Waals surface area contributed by atoms with Crippen molar-refractivity contribution in [3.8, 4) is 0 Å². The van der Waals surface area contributed by atoms with Gasteiger partial charge in [0.05, 0.1) is 12.2 Å². The molecular formula is C20H34O3. The Labute approximate surface area is 141 Å². The SMILES string of the molecule is C/C=C(\C)C(=O)OCC1CCCC2(C)CCC(C(C)(C)O)CC12. The van der Waals surface area contributed by atoms with E-state index in [1.807, 2.05) is 20.8 Å². The Hall–Kier alpha value is -0.830. The summed E-state index contributed by atoms with van der Waals surface area (Å²) in [5.74, 6) is 1.16. The lowest BCUT2D eigenvalue weighted by Crippen LogP contribution is -2.47. The first-order chi connectivity index (χ1) is 10.7. The van der Waals surface area contributed by atoms with Crippen LogP contribution in [0, 0.1) is 23.2 Å². The Balaban J connectivity index is 2.06. The minimum atomic E-state index is -0.610. The lowest BCUT2D eigenvalue weighted by Gasteiger charge is -2.53. The van der Waals surface area contributed by atoms with Crippen molar-refractivity contribution in [2.45, 2.75) is 78.7 Å². The molecule has 0 heterocycles. The molecule has 3 nitrogen and oxygen atoms in total. The van der Waals surface area contributed by atoms with Gasteiger partial charge in [-0.2, -0.15) is 0 Å². The first-order valence-electron chi connectivity index (χ1n) is 9.20. The molecule has 2 saturated carbocycles. The van der Waals surface area contributed by atoms with Gasteiger partial charge in [-0.05, 0) is 83.0 Å². The van der Waals surface area contributed by atoms with Crippen LogP contribution in [-0.2, 0) is 9.53 Å². The van der Waals surface area contributed by atoms with Gasteiger partial charge in [0.1, 0.15) is 0 Å². The summed E-state index contributed by atoms with van der Waals surface area (Å²) in [5.41, 5.74) is 0.426. The maximum Gasteiger partial charge on any atom is 0.333 e. The van der Waals surface area contributed by atoms with Gasteiger partial charge in [-0.3, -0.25) is 0 Å². The zero-order valence-corrected chi connectivity index (χ0v) is 15.5. The third-order valence-electron chi connectivity index (χ3n) is 6.57. The normalized spacial score (nSPS) is 35.6. The summed E-state index contributed by atoms with van der Waals surface area (Å²) < 4.78 is 5.58. The molecule has 0 spiro atoms. The lowest BCUT2D eigenvalue weighted by molar-refractivity contribution is -0.144. The average Bonchev–Trinajstić information content (AvgIpc) is 2.49. The molecule has 0 aromatic rings. The van der Waals surface area contributed by atoms with Gasteiger partial charge in [0, 0.05) is 5.57 Å². The molecule has 0 saturated heterocycles. The molecule has 0 amide bonds. The van der Waals surface area contributed by atoms with E-state index >= 15 is 0 Å². The van der Waals surface area contributed by atoms with Crippen molar-refractivity contribution in [3.05, 3.63) is 11.6 Å². The summed E-state index contributed by atoms with van der Waals surface area (Å²) in [6.07, 6.45) is 8.80. The van der Waals surface area contributed by atoms with Gasteiger partial charge in [0.15, 0.2) is 0 Å². The van der Waals surface area contributed by atoms with Gasteiger partial charge in [0.2, 0.25) is 0 Å². The van der Waals surface area contributed by atoms with Crippen LogP contribution in [0.5, 0.6) is 0 Å². The Morgan fingerprint density at radius 3 is 2.65 bits per heavy atom.